The molecular weight excluding hydrogens is 234 g/mol. The molecule has 1 aromatic rings. The van der Waals surface area contributed by atoms with Crippen LogP contribution in [0.5, 0.6) is 0 Å². The molecule has 0 aromatic carbocycles. The van der Waals surface area contributed by atoms with Gasteiger partial charge >= 0.3 is 5.97 Å². The summed E-state index contributed by atoms with van der Waals surface area (Å²) in [6.45, 7) is 5.07. The Labute approximate surface area is 106 Å². The lowest BCUT2D eigenvalue weighted by molar-refractivity contribution is -0.145. The van der Waals surface area contributed by atoms with Gasteiger partial charge in [-0.1, -0.05) is 18.5 Å². The van der Waals surface area contributed by atoms with Crippen LogP contribution in [-0.4, -0.2) is 38.7 Å². The molecule has 0 spiro atoms. The second-order valence-electron chi connectivity index (χ2n) is 4.85. The van der Waals surface area contributed by atoms with Crippen LogP contribution in [0.1, 0.15) is 37.9 Å². The third kappa shape index (κ3) is 2.87. The minimum Gasteiger partial charge on any atom is -0.480 e. The van der Waals surface area contributed by atoms with Gasteiger partial charge in [-0.05, 0) is 25.3 Å². The van der Waals surface area contributed by atoms with Gasteiger partial charge in [-0.2, -0.15) is 4.98 Å². The van der Waals surface area contributed by atoms with Crippen LogP contribution in [-0.2, 0) is 11.3 Å². The van der Waals surface area contributed by atoms with E-state index in [1.165, 1.54) is 0 Å². The average molecular weight is 253 g/mol. The summed E-state index contributed by atoms with van der Waals surface area (Å²) >= 11 is 0. The second-order valence-corrected chi connectivity index (χ2v) is 4.85. The normalized spacial score (nSPS) is 25.2. The Balaban J connectivity index is 2.04. The van der Waals surface area contributed by atoms with E-state index in [0.29, 0.717) is 30.6 Å². The van der Waals surface area contributed by atoms with E-state index in [-0.39, 0.29) is 0 Å². The number of likely N-dealkylation sites (tertiary alicyclic amines) is 1. The third-order valence-electron chi connectivity index (χ3n) is 3.60. The van der Waals surface area contributed by atoms with Gasteiger partial charge in [0.05, 0.1) is 6.54 Å². The summed E-state index contributed by atoms with van der Waals surface area (Å²) in [5.41, 5.74) is 0. The van der Waals surface area contributed by atoms with Gasteiger partial charge in [0.2, 0.25) is 5.89 Å². The lowest BCUT2D eigenvalue weighted by atomic mass is 9.89. The summed E-state index contributed by atoms with van der Waals surface area (Å²) in [7, 11) is 0. The summed E-state index contributed by atoms with van der Waals surface area (Å²) in [6.07, 6.45) is 2.79. The van der Waals surface area contributed by atoms with Gasteiger partial charge in [0.15, 0.2) is 5.82 Å². The summed E-state index contributed by atoms with van der Waals surface area (Å²) in [6, 6.07) is -0.428. The predicted octanol–water partition coefficient (Wildman–Crippen LogP) is 1.45. The first-order valence-corrected chi connectivity index (χ1v) is 6.36. The second kappa shape index (κ2) is 5.48. The van der Waals surface area contributed by atoms with Gasteiger partial charge in [-0.3, -0.25) is 9.69 Å². The number of aryl methyl sites for hydroxylation is 1. The predicted molar refractivity (Wildman–Crippen MR) is 63.9 cm³/mol. The molecule has 0 aliphatic carbocycles. The fraction of sp³-hybridized carbons (Fsp3) is 0.750. The van der Waals surface area contributed by atoms with Crippen molar-refractivity contribution in [2.24, 2.45) is 5.92 Å². The highest BCUT2D eigenvalue weighted by atomic mass is 16.5. The molecule has 1 fully saturated rings. The van der Waals surface area contributed by atoms with Crippen LogP contribution >= 0.6 is 0 Å². The maximum absolute atomic E-state index is 11.3. The number of carboxylic acids is 1. The quantitative estimate of drug-likeness (QED) is 0.875. The molecular formula is C12H19N3O3. The average Bonchev–Trinajstić information content (AvgIpc) is 2.75. The molecule has 6 nitrogen and oxygen atoms in total. The molecule has 18 heavy (non-hydrogen) atoms. The topological polar surface area (TPSA) is 79.5 Å². The zero-order valence-corrected chi connectivity index (χ0v) is 10.8. The van der Waals surface area contributed by atoms with Crippen molar-refractivity contribution in [3.05, 3.63) is 11.7 Å². The van der Waals surface area contributed by atoms with E-state index in [0.717, 1.165) is 19.4 Å². The van der Waals surface area contributed by atoms with Crippen molar-refractivity contribution in [3.8, 4) is 0 Å². The zero-order chi connectivity index (χ0) is 13.1. The summed E-state index contributed by atoms with van der Waals surface area (Å²) in [5.74, 6) is 0.830. The highest BCUT2D eigenvalue weighted by Gasteiger charge is 2.33. The number of carbonyl (C=O) groups is 1. The molecule has 2 atom stereocenters. The molecule has 2 unspecified atom stereocenters. The van der Waals surface area contributed by atoms with Crippen LogP contribution in [0.4, 0.5) is 0 Å². The molecule has 0 bridgehead atoms. The number of aromatic nitrogens is 2. The van der Waals surface area contributed by atoms with E-state index in [2.05, 4.69) is 17.1 Å². The number of aliphatic carboxylic acids is 1. The van der Waals surface area contributed by atoms with Gasteiger partial charge in [0, 0.05) is 6.92 Å². The van der Waals surface area contributed by atoms with E-state index in [4.69, 9.17) is 4.52 Å². The molecule has 6 heteroatoms. The smallest absolute Gasteiger partial charge is 0.320 e. The molecule has 2 rings (SSSR count). The van der Waals surface area contributed by atoms with Crippen LogP contribution in [0.15, 0.2) is 4.52 Å². The van der Waals surface area contributed by atoms with E-state index in [1.807, 2.05) is 4.90 Å². The largest absolute Gasteiger partial charge is 0.480 e. The standard InChI is InChI=1S/C12H19N3O3/c1-3-9-4-5-15(10(6-9)12(16)17)7-11-13-8(2)18-14-11/h9-10H,3-7H2,1-2H3,(H,16,17). The van der Waals surface area contributed by atoms with Crippen LogP contribution in [0.25, 0.3) is 0 Å². The van der Waals surface area contributed by atoms with Crippen molar-refractivity contribution in [1.82, 2.24) is 15.0 Å². The van der Waals surface area contributed by atoms with E-state index in [9.17, 15) is 9.90 Å². The Morgan fingerprint density at radius 3 is 2.94 bits per heavy atom. The Bertz CT molecular complexity index is 418. The van der Waals surface area contributed by atoms with Crippen LogP contribution < -0.4 is 0 Å². The minimum absolute atomic E-state index is 0.428. The summed E-state index contributed by atoms with van der Waals surface area (Å²) < 4.78 is 4.91. The lowest BCUT2D eigenvalue weighted by Crippen LogP contribution is -2.46. The minimum atomic E-state index is -0.756. The molecule has 1 N–H and O–H groups in total. The third-order valence-corrected chi connectivity index (χ3v) is 3.60. The van der Waals surface area contributed by atoms with Crippen molar-refractivity contribution in [2.75, 3.05) is 6.54 Å². The molecule has 1 saturated heterocycles. The monoisotopic (exact) mass is 253 g/mol. The Morgan fingerprint density at radius 2 is 2.39 bits per heavy atom. The number of hydrogen-bond acceptors (Lipinski definition) is 5. The molecule has 0 radical (unpaired) electrons. The number of nitrogens with zero attached hydrogens (tertiary/aromatic N) is 3. The number of hydrogen-bond donors (Lipinski definition) is 1. The van der Waals surface area contributed by atoms with Crippen LogP contribution in [0.3, 0.4) is 0 Å². The van der Waals surface area contributed by atoms with Crippen molar-refractivity contribution in [1.29, 1.82) is 0 Å². The van der Waals surface area contributed by atoms with E-state index < -0.39 is 12.0 Å². The maximum Gasteiger partial charge on any atom is 0.320 e. The van der Waals surface area contributed by atoms with Gasteiger partial charge in [0.1, 0.15) is 6.04 Å². The van der Waals surface area contributed by atoms with Crippen LogP contribution in [0, 0.1) is 12.8 Å². The zero-order valence-electron chi connectivity index (χ0n) is 10.8. The van der Waals surface area contributed by atoms with E-state index >= 15 is 0 Å². The van der Waals surface area contributed by atoms with Crippen molar-refractivity contribution in [3.63, 3.8) is 0 Å². The van der Waals surface area contributed by atoms with Crippen LogP contribution in [0.2, 0.25) is 0 Å². The number of piperidine rings is 1. The van der Waals surface area contributed by atoms with Gasteiger partial charge in [0.25, 0.3) is 0 Å². The van der Waals surface area contributed by atoms with Gasteiger partial charge in [-0.15, -0.1) is 0 Å². The number of carboxylic acid groups (broad SMARTS) is 1. The molecule has 2 heterocycles. The van der Waals surface area contributed by atoms with Crippen molar-refractivity contribution < 1.29 is 14.4 Å². The fourth-order valence-electron chi connectivity index (χ4n) is 2.49. The summed E-state index contributed by atoms with van der Waals surface area (Å²) in [4.78, 5) is 17.4. The first kappa shape index (κ1) is 13.0. The molecule has 1 aliphatic heterocycles. The van der Waals surface area contributed by atoms with Gasteiger partial charge < -0.3 is 9.63 Å². The summed E-state index contributed by atoms with van der Waals surface area (Å²) in [5, 5.41) is 13.1. The number of rotatable bonds is 4. The Morgan fingerprint density at radius 1 is 1.61 bits per heavy atom. The van der Waals surface area contributed by atoms with E-state index in [1.54, 1.807) is 6.92 Å². The van der Waals surface area contributed by atoms with Crippen molar-refractivity contribution >= 4 is 5.97 Å². The molecule has 1 aromatic heterocycles. The highest BCUT2D eigenvalue weighted by molar-refractivity contribution is 5.73. The molecule has 0 amide bonds. The first-order chi connectivity index (χ1) is 8.60. The molecule has 1 aliphatic rings. The Kier molecular flexibility index (Phi) is 3.96. The molecule has 0 saturated carbocycles. The highest BCUT2D eigenvalue weighted by Crippen LogP contribution is 2.26. The fourth-order valence-corrected chi connectivity index (χ4v) is 2.49. The van der Waals surface area contributed by atoms with Gasteiger partial charge in [-0.25, -0.2) is 0 Å². The SMILES string of the molecule is CCC1CCN(Cc2noc(C)n2)C(C(=O)O)C1. The maximum atomic E-state index is 11.3. The van der Waals surface area contributed by atoms with Crippen molar-refractivity contribution in [2.45, 2.75) is 45.7 Å². The molecule has 100 valence electrons. The Hall–Kier alpha value is -1.43. The lowest BCUT2D eigenvalue weighted by Gasteiger charge is -2.36. The first-order valence-electron chi connectivity index (χ1n) is 6.36.